The highest BCUT2D eigenvalue weighted by Gasteiger charge is 2.08. The number of aromatic nitrogens is 1. The molecule has 0 aliphatic rings. The molecule has 1 amide bonds. The molecule has 4 N–H and O–H groups in total. The number of anilines is 1. The molecule has 0 saturated carbocycles. The maximum Gasteiger partial charge on any atom is 0.221 e. The fourth-order valence-corrected chi connectivity index (χ4v) is 1.86. The number of nitrogens with one attached hydrogen (secondary N) is 2. The summed E-state index contributed by atoms with van der Waals surface area (Å²) in [6.07, 6.45) is 0. The number of nitrogens with zero attached hydrogens (tertiary/aromatic N) is 1. The molecule has 0 aliphatic heterocycles. The number of hydrogen-bond donors (Lipinski definition) is 3. The largest absolute Gasteiger partial charge is 0.384 e. The van der Waals surface area contributed by atoms with Crippen LogP contribution in [0.15, 0.2) is 24.3 Å². The minimum Gasteiger partial charge on any atom is -0.384 e. The molecule has 0 unspecified atom stereocenters. The van der Waals surface area contributed by atoms with Gasteiger partial charge in [0.15, 0.2) is 0 Å². The molecule has 2 rings (SSSR count). The first-order valence-corrected chi connectivity index (χ1v) is 5.51. The molecule has 2 aromatic rings. The second-order valence-corrected chi connectivity index (χ2v) is 4.14. The SMILES string of the molecule is CC(=O)Nc1ccc2nc(C)cc(C(=N)N)c2c1. The zero-order valence-electron chi connectivity index (χ0n) is 10.2. The summed E-state index contributed by atoms with van der Waals surface area (Å²) < 4.78 is 0. The van der Waals surface area contributed by atoms with Crippen LogP contribution in [0.3, 0.4) is 0 Å². The predicted molar refractivity (Wildman–Crippen MR) is 71.8 cm³/mol. The topological polar surface area (TPSA) is 91.9 Å². The van der Waals surface area contributed by atoms with Crippen molar-refractivity contribution in [1.82, 2.24) is 4.98 Å². The van der Waals surface area contributed by atoms with Crippen LogP contribution in [0.25, 0.3) is 10.9 Å². The molecule has 0 atom stereocenters. The van der Waals surface area contributed by atoms with Gasteiger partial charge in [0, 0.05) is 29.3 Å². The summed E-state index contributed by atoms with van der Waals surface area (Å²) >= 11 is 0. The molecule has 92 valence electrons. The number of aryl methyl sites for hydroxylation is 1. The monoisotopic (exact) mass is 242 g/mol. The fourth-order valence-electron chi connectivity index (χ4n) is 1.86. The number of pyridine rings is 1. The van der Waals surface area contributed by atoms with Crippen molar-refractivity contribution in [2.75, 3.05) is 5.32 Å². The van der Waals surface area contributed by atoms with Crippen molar-refractivity contribution < 1.29 is 4.79 Å². The molecule has 0 bridgehead atoms. The highest BCUT2D eigenvalue weighted by Crippen LogP contribution is 2.22. The van der Waals surface area contributed by atoms with Gasteiger partial charge in [0.1, 0.15) is 5.84 Å². The number of nitrogen functional groups attached to an aromatic ring is 1. The average Bonchev–Trinajstić information content (AvgIpc) is 2.27. The molecule has 0 spiro atoms. The van der Waals surface area contributed by atoms with Crippen LogP contribution < -0.4 is 11.1 Å². The van der Waals surface area contributed by atoms with E-state index in [0.717, 1.165) is 16.6 Å². The third-order valence-electron chi connectivity index (χ3n) is 2.55. The molecule has 0 fully saturated rings. The van der Waals surface area contributed by atoms with Crippen LogP contribution >= 0.6 is 0 Å². The van der Waals surface area contributed by atoms with Crippen molar-refractivity contribution in [1.29, 1.82) is 5.41 Å². The molecule has 0 saturated heterocycles. The van der Waals surface area contributed by atoms with Gasteiger partial charge in [0.2, 0.25) is 5.91 Å². The number of benzene rings is 1. The van der Waals surface area contributed by atoms with Gasteiger partial charge < -0.3 is 11.1 Å². The molecular formula is C13H14N4O. The number of rotatable bonds is 2. The van der Waals surface area contributed by atoms with E-state index in [0.29, 0.717) is 11.3 Å². The second kappa shape index (κ2) is 4.44. The first-order chi connectivity index (χ1) is 8.47. The summed E-state index contributed by atoms with van der Waals surface area (Å²) in [5.74, 6) is -0.149. The van der Waals surface area contributed by atoms with Gasteiger partial charge in [-0.2, -0.15) is 0 Å². The zero-order valence-corrected chi connectivity index (χ0v) is 10.2. The standard InChI is InChI=1S/C13H14N4O/c1-7-5-11(13(14)15)10-6-9(17-8(2)18)3-4-12(10)16-7/h3-6H,1-2H3,(H3,14,15)(H,17,18). The Morgan fingerprint density at radius 3 is 2.72 bits per heavy atom. The van der Waals surface area contributed by atoms with Gasteiger partial charge in [-0.3, -0.25) is 15.2 Å². The van der Waals surface area contributed by atoms with E-state index >= 15 is 0 Å². The van der Waals surface area contributed by atoms with E-state index in [1.165, 1.54) is 6.92 Å². The van der Waals surface area contributed by atoms with Gasteiger partial charge in [-0.05, 0) is 31.2 Å². The third-order valence-corrected chi connectivity index (χ3v) is 2.55. The number of carbonyl (C=O) groups is 1. The van der Waals surface area contributed by atoms with E-state index in [-0.39, 0.29) is 11.7 Å². The van der Waals surface area contributed by atoms with Crippen LogP contribution in [0.5, 0.6) is 0 Å². The summed E-state index contributed by atoms with van der Waals surface area (Å²) in [5.41, 5.74) is 8.43. The molecular weight excluding hydrogens is 228 g/mol. The van der Waals surface area contributed by atoms with Crippen molar-refractivity contribution in [2.45, 2.75) is 13.8 Å². The summed E-state index contributed by atoms with van der Waals surface area (Å²) in [6, 6.07) is 7.13. The first kappa shape index (κ1) is 12.0. The van der Waals surface area contributed by atoms with Crippen LogP contribution in [0.2, 0.25) is 0 Å². The van der Waals surface area contributed by atoms with Crippen molar-refractivity contribution in [3.63, 3.8) is 0 Å². The van der Waals surface area contributed by atoms with Crippen LogP contribution in [-0.4, -0.2) is 16.7 Å². The molecule has 1 heterocycles. The Labute approximate surface area is 105 Å². The van der Waals surface area contributed by atoms with E-state index in [1.807, 2.05) is 6.92 Å². The number of fused-ring (bicyclic) bond motifs is 1. The van der Waals surface area contributed by atoms with Crippen LogP contribution in [0.1, 0.15) is 18.2 Å². The minimum absolute atomic E-state index is 0.00882. The lowest BCUT2D eigenvalue weighted by atomic mass is 10.1. The molecule has 1 aromatic carbocycles. The third kappa shape index (κ3) is 2.29. The van der Waals surface area contributed by atoms with E-state index in [4.69, 9.17) is 11.1 Å². The fraction of sp³-hybridized carbons (Fsp3) is 0.154. The molecule has 5 nitrogen and oxygen atoms in total. The lowest BCUT2D eigenvalue weighted by molar-refractivity contribution is -0.114. The van der Waals surface area contributed by atoms with E-state index in [9.17, 15) is 4.79 Å². The molecule has 1 aromatic heterocycles. The van der Waals surface area contributed by atoms with Crippen molar-refractivity contribution >= 4 is 28.3 Å². The highest BCUT2D eigenvalue weighted by atomic mass is 16.1. The minimum atomic E-state index is -0.140. The van der Waals surface area contributed by atoms with E-state index < -0.39 is 0 Å². The second-order valence-electron chi connectivity index (χ2n) is 4.14. The Bertz CT molecular complexity index is 649. The Morgan fingerprint density at radius 2 is 2.11 bits per heavy atom. The lowest BCUT2D eigenvalue weighted by Gasteiger charge is -2.08. The smallest absolute Gasteiger partial charge is 0.221 e. The normalized spacial score (nSPS) is 10.3. The van der Waals surface area contributed by atoms with Gasteiger partial charge in [-0.1, -0.05) is 0 Å². The summed E-state index contributed by atoms with van der Waals surface area (Å²) in [4.78, 5) is 15.4. The van der Waals surface area contributed by atoms with Gasteiger partial charge >= 0.3 is 0 Å². The van der Waals surface area contributed by atoms with Crippen LogP contribution in [-0.2, 0) is 4.79 Å². The predicted octanol–water partition coefficient (Wildman–Crippen LogP) is 1.79. The van der Waals surface area contributed by atoms with Gasteiger partial charge in [0.25, 0.3) is 0 Å². The van der Waals surface area contributed by atoms with Crippen molar-refractivity contribution in [3.8, 4) is 0 Å². The maximum absolute atomic E-state index is 11.0. The summed E-state index contributed by atoms with van der Waals surface area (Å²) in [5, 5.41) is 11.1. The van der Waals surface area contributed by atoms with E-state index in [2.05, 4.69) is 10.3 Å². The van der Waals surface area contributed by atoms with Crippen molar-refractivity contribution in [2.24, 2.45) is 5.73 Å². The Balaban J connectivity index is 2.66. The van der Waals surface area contributed by atoms with Crippen LogP contribution in [0.4, 0.5) is 5.69 Å². The van der Waals surface area contributed by atoms with Gasteiger partial charge in [-0.25, -0.2) is 0 Å². The number of nitrogens with two attached hydrogens (primary N) is 1. The number of amidine groups is 1. The maximum atomic E-state index is 11.0. The Kier molecular flexibility index (Phi) is 2.97. The number of amides is 1. The Hall–Kier alpha value is -2.43. The Morgan fingerprint density at radius 1 is 1.39 bits per heavy atom. The summed E-state index contributed by atoms with van der Waals surface area (Å²) in [7, 11) is 0. The number of carbonyl (C=O) groups excluding carboxylic acids is 1. The quantitative estimate of drug-likeness (QED) is 0.553. The van der Waals surface area contributed by atoms with Crippen LogP contribution in [0, 0.1) is 12.3 Å². The number of hydrogen-bond acceptors (Lipinski definition) is 3. The van der Waals surface area contributed by atoms with Gasteiger partial charge in [-0.15, -0.1) is 0 Å². The van der Waals surface area contributed by atoms with Gasteiger partial charge in [0.05, 0.1) is 5.52 Å². The first-order valence-electron chi connectivity index (χ1n) is 5.51. The zero-order chi connectivity index (χ0) is 13.3. The molecule has 0 aliphatic carbocycles. The molecule has 5 heteroatoms. The lowest BCUT2D eigenvalue weighted by Crippen LogP contribution is -2.13. The summed E-state index contributed by atoms with van der Waals surface area (Å²) in [6.45, 7) is 3.30. The molecule has 18 heavy (non-hydrogen) atoms. The van der Waals surface area contributed by atoms with E-state index in [1.54, 1.807) is 24.3 Å². The molecule has 0 radical (unpaired) electrons. The average molecular weight is 242 g/mol. The highest BCUT2D eigenvalue weighted by molar-refractivity contribution is 6.08. The van der Waals surface area contributed by atoms with Crippen molar-refractivity contribution in [3.05, 3.63) is 35.5 Å².